The molecule has 0 aromatic heterocycles. The van der Waals surface area contributed by atoms with Crippen molar-refractivity contribution in [2.45, 2.75) is 26.3 Å². The fourth-order valence-corrected chi connectivity index (χ4v) is 1.68. The topological polar surface area (TPSA) is 38.0 Å². The van der Waals surface area contributed by atoms with Gasteiger partial charge in [0.25, 0.3) is 0 Å². The largest absolute Gasteiger partial charge is 0.329 e. The Balaban J connectivity index is 2.38. The standard InChI is InChI=1S/C13H21FN2/c1-10(2)13(9-15)16-8-7-11-5-3-4-6-12(11)14/h3-6,10,13,16H,7-9,15H2,1-2H3. The van der Waals surface area contributed by atoms with Gasteiger partial charge in [0, 0.05) is 12.6 Å². The summed E-state index contributed by atoms with van der Waals surface area (Å²) in [6, 6.07) is 7.21. The predicted octanol–water partition coefficient (Wildman–Crippen LogP) is 1.94. The van der Waals surface area contributed by atoms with E-state index >= 15 is 0 Å². The van der Waals surface area contributed by atoms with E-state index in [0.717, 1.165) is 12.1 Å². The molecule has 3 N–H and O–H groups in total. The molecule has 0 saturated carbocycles. The monoisotopic (exact) mass is 224 g/mol. The highest BCUT2D eigenvalue weighted by Gasteiger charge is 2.10. The lowest BCUT2D eigenvalue weighted by atomic mass is 10.0. The molecule has 1 rings (SSSR count). The first-order valence-corrected chi connectivity index (χ1v) is 5.82. The second-order valence-electron chi connectivity index (χ2n) is 4.38. The number of hydrogen-bond donors (Lipinski definition) is 2. The molecule has 0 amide bonds. The van der Waals surface area contributed by atoms with E-state index in [2.05, 4.69) is 19.2 Å². The molecular formula is C13H21FN2. The fourth-order valence-electron chi connectivity index (χ4n) is 1.68. The van der Waals surface area contributed by atoms with Crippen molar-refractivity contribution in [2.75, 3.05) is 13.1 Å². The van der Waals surface area contributed by atoms with Gasteiger partial charge in [0.2, 0.25) is 0 Å². The van der Waals surface area contributed by atoms with Crippen molar-refractivity contribution >= 4 is 0 Å². The van der Waals surface area contributed by atoms with Crippen molar-refractivity contribution in [3.63, 3.8) is 0 Å². The maximum Gasteiger partial charge on any atom is 0.126 e. The summed E-state index contributed by atoms with van der Waals surface area (Å²) in [6.45, 7) is 5.65. The van der Waals surface area contributed by atoms with Crippen molar-refractivity contribution in [1.29, 1.82) is 0 Å². The van der Waals surface area contributed by atoms with Crippen LogP contribution < -0.4 is 11.1 Å². The molecule has 1 unspecified atom stereocenters. The number of nitrogens with two attached hydrogens (primary N) is 1. The summed E-state index contributed by atoms with van der Waals surface area (Å²) in [4.78, 5) is 0. The summed E-state index contributed by atoms with van der Waals surface area (Å²) >= 11 is 0. The van der Waals surface area contributed by atoms with E-state index < -0.39 is 0 Å². The van der Waals surface area contributed by atoms with Crippen LogP contribution in [-0.2, 0) is 6.42 Å². The lowest BCUT2D eigenvalue weighted by Crippen LogP contribution is -2.41. The van der Waals surface area contributed by atoms with Crippen LogP contribution in [-0.4, -0.2) is 19.1 Å². The summed E-state index contributed by atoms with van der Waals surface area (Å²) in [5, 5.41) is 3.35. The molecule has 2 nitrogen and oxygen atoms in total. The Morgan fingerprint density at radius 1 is 1.31 bits per heavy atom. The molecule has 90 valence electrons. The van der Waals surface area contributed by atoms with Crippen LogP contribution >= 0.6 is 0 Å². The number of nitrogens with one attached hydrogen (secondary N) is 1. The lowest BCUT2D eigenvalue weighted by Gasteiger charge is -2.20. The van der Waals surface area contributed by atoms with Gasteiger partial charge in [0.15, 0.2) is 0 Å². The SMILES string of the molecule is CC(C)C(CN)NCCc1ccccc1F. The summed E-state index contributed by atoms with van der Waals surface area (Å²) < 4.78 is 13.3. The molecule has 0 spiro atoms. The third kappa shape index (κ3) is 3.91. The van der Waals surface area contributed by atoms with E-state index in [1.165, 1.54) is 6.07 Å². The molecule has 0 bridgehead atoms. The van der Waals surface area contributed by atoms with E-state index in [9.17, 15) is 4.39 Å². The van der Waals surface area contributed by atoms with Gasteiger partial charge in [-0.3, -0.25) is 0 Å². The van der Waals surface area contributed by atoms with Crippen molar-refractivity contribution in [2.24, 2.45) is 11.7 Å². The van der Waals surface area contributed by atoms with Crippen LogP contribution in [0.2, 0.25) is 0 Å². The molecule has 1 aromatic rings. The Bertz CT molecular complexity index is 313. The van der Waals surface area contributed by atoms with E-state index in [-0.39, 0.29) is 5.82 Å². The molecule has 0 aliphatic rings. The zero-order valence-electron chi connectivity index (χ0n) is 10.0. The Kier molecular flexibility index (Phi) is 5.43. The van der Waals surface area contributed by atoms with Crippen LogP contribution in [0.1, 0.15) is 19.4 Å². The smallest absolute Gasteiger partial charge is 0.126 e. The molecule has 0 fully saturated rings. The fraction of sp³-hybridized carbons (Fsp3) is 0.538. The highest BCUT2D eigenvalue weighted by molar-refractivity contribution is 5.17. The van der Waals surface area contributed by atoms with E-state index in [0.29, 0.717) is 24.9 Å². The van der Waals surface area contributed by atoms with Gasteiger partial charge in [-0.2, -0.15) is 0 Å². The van der Waals surface area contributed by atoms with Gasteiger partial charge in [-0.05, 0) is 30.5 Å². The lowest BCUT2D eigenvalue weighted by molar-refractivity contribution is 0.407. The second-order valence-corrected chi connectivity index (χ2v) is 4.38. The van der Waals surface area contributed by atoms with Crippen LogP contribution in [0.4, 0.5) is 4.39 Å². The van der Waals surface area contributed by atoms with Crippen molar-refractivity contribution < 1.29 is 4.39 Å². The van der Waals surface area contributed by atoms with Crippen molar-refractivity contribution in [1.82, 2.24) is 5.32 Å². The number of benzene rings is 1. The first-order valence-electron chi connectivity index (χ1n) is 5.82. The third-order valence-corrected chi connectivity index (χ3v) is 2.82. The molecule has 1 atom stereocenters. The zero-order chi connectivity index (χ0) is 12.0. The Morgan fingerprint density at radius 3 is 2.56 bits per heavy atom. The van der Waals surface area contributed by atoms with E-state index in [4.69, 9.17) is 5.73 Å². The molecule has 3 heteroatoms. The highest BCUT2D eigenvalue weighted by atomic mass is 19.1. The summed E-state index contributed by atoms with van der Waals surface area (Å²) in [6.07, 6.45) is 0.704. The van der Waals surface area contributed by atoms with Gasteiger partial charge >= 0.3 is 0 Å². The number of halogens is 1. The van der Waals surface area contributed by atoms with E-state index in [1.807, 2.05) is 12.1 Å². The van der Waals surface area contributed by atoms with Crippen LogP contribution in [0, 0.1) is 11.7 Å². The van der Waals surface area contributed by atoms with Crippen LogP contribution in [0.25, 0.3) is 0 Å². The zero-order valence-corrected chi connectivity index (χ0v) is 10.0. The van der Waals surface area contributed by atoms with Gasteiger partial charge in [-0.15, -0.1) is 0 Å². The molecule has 0 saturated heterocycles. The molecule has 16 heavy (non-hydrogen) atoms. The third-order valence-electron chi connectivity index (χ3n) is 2.82. The summed E-state index contributed by atoms with van der Waals surface area (Å²) in [5.41, 5.74) is 6.41. The number of hydrogen-bond acceptors (Lipinski definition) is 2. The molecule has 0 heterocycles. The molecular weight excluding hydrogens is 203 g/mol. The molecule has 0 radical (unpaired) electrons. The first-order chi connectivity index (χ1) is 7.65. The van der Waals surface area contributed by atoms with Crippen molar-refractivity contribution in [3.8, 4) is 0 Å². The maximum atomic E-state index is 13.3. The summed E-state index contributed by atoms with van der Waals surface area (Å²) in [5.74, 6) is 0.378. The summed E-state index contributed by atoms with van der Waals surface area (Å²) in [7, 11) is 0. The van der Waals surface area contributed by atoms with Gasteiger partial charge < -0.3 is 11.1 Å². The second kappa shape index (κ2) is 6.61. The first kappa shape index (κ1) is 13.1. The van der Waals surface area contributed by atoms with Gasteiger partial charge in [-0.1, -0.05) is 32.0 Å². The minimum absolute atomic E-state index is 0.127. The molecule has 1 aromatic carbocycles. The average molecular weight is 224 g/mol. The van der Waals surface area contributed by atoms with Gasteiger partial charge in [0.1, 0.15) is 5.82 Å². The quantitative estimate of drug-likeness (QED) is 0.775. The Morgan fingerprint density at radius 2 is 2.00 bits per heavy atom. The average Bonchev–Trinajstić information content (AvgIpc) is 2.26. The van der Waals surface area contributed by atoms with Gasteiger partial charge in [0.05, 0.1) is 0 Å². The normalized spacial score (nSPS) is 13.1. The van der Waals surface area contributed by atoms with Crippen LogP contribution in [0.15, 0.2) is 24.3 Å². The Hall–Kier alpha value is -0.930. The molecule has 0 aliphatic carbocycles. The minimum Gasteiger partial charge on any atom is -0.329 e. The predicted molar refractivity (Wildman–Crippen MR) is 65.8 cm³/mol. The Labute approximate surface area is 97.0 Å². The number of rotatable bonds is 6. The van der Waals surface area contributed by atoms with E-state index in [1.54, 1.807) is 6.07 Å². The minimum atomic E-state index is -0.127. The molecule has 0 aliphatic heterocycles. The van der Waals surface area contributed by atoms with Crippen LogP contribution in [0.3, 0.4) is 0 Å². The van der Waals surface area contributed by atoms with Gasteiger partial charge in [-0.25, -0.2) is 4.39 Å². The van der Waals surface area contributed by atoms with Crippen LogP contribution in [0.5, 0.6) is 0 Å². The maximum absolute atomic E-state index is 13.3. The highest BCUT2D eigenvalue weighted by Crippen LogP contribution is 2.07. The van der Waals surface area contributed by atoms with Crippen molar-refractivity contribution in [3.05, 3.63) is 35.6 Å².